The SMILES string of the molecule is COC(=O)c1ccc(/C=C/C(=O)OCC(=O)Nc2ccc(C#N)c(Cl)c2)cc1. The zero-order valence-electron chi connectivity index (χ0n) is 14.8. The predicted octanol–water partition coefficient (Wildman–Crippen LogP) is 3.19. The van der Waals surface area contributed by atoms with Crippen molar-refractivity contribution in [3.63, 3.8) is 0 Å². The normalized spacial score (nSPS) is 10.2. The summed E-state index contributed by atoms with van der Waals surface area (Å²) >= 11 is 5.88. The Labute approximate surface area is 166 Å². The molecule has 0 fully saturated rings. The van der Waals surface area contributed by atoms with Crippen LogP contribution in [0.15, 0.2) is 48.5 Å². The fourth-order valence-electron chi connectivity index (χ4n) is 2.08. The molecule has 142 valence electrons. The maximum atomic E-state index is 11.8. The van der Waals surface area contributed by atoms with Gasteiger partial charge < -0.3 is 14.8 Å². The minimum absolute atomic E-state index is 0.207. The number of esters is 2. The smallest absolute Gasteiger partial charge is 0.337 e. The van der Waals surface area contributed by atoms with Gasteiger partial charge in [-0.2, -0.15) is 5.26 Å². The highest BCUT2D eigenvalue weighted by Gasteiger charge is 2.08. The highest BCUT2D eigenvalue weighted by Crippen LogP contribution is 2.20. The molecule has 2 rings (SSSR count). The molecule has 7 nitrogen and oxygen atoms in total. The molecule has 2 aromatic rings. The van der Waals surface area contributed by atoms with Crippen LogP contribution in [0.4, 0.5) is 5.69 Å². The van der Waals surface area contributed by atoms with Gasteiger partial charge in [0.05, 0.1) is 23.3 Å². The van der Waals surface area contributed by atoms with E-state index in [1.165, 1.54) is 37.5 Å². The molecule has 0 aliphatic rings. The first-order chi connectivity index (χ1) is 13.4. The monoisotopic (exact) mass is 398 g/mol. The van der Waals surface area contributed by atoms with Crippen molar-refractivity contribution in [2.75, 3.05) is 19.0 Å². The minimum atomic E-state index is -0.704. The molecule has 1 amide bonds. The molecule has 0 atom stereocenters. The molecule has 0 saturated heterocycles. The first kappa shape index (κ1) is 20.7. The third-order valence-corrected chi connectivity index (χ3v) is 3.78. The Kier molecular flexibility index (Phi) is 7.31. The van der Waals surface area contributed by atoms with Crippen molar-refractivity contribution < 1.29 is 23.9 Å². The molecule has 0 aliphatic carbocycles. The second-order valence-corrected chi connectivity index (χ2v) is 5.82. The van der Waals surface area contributed by atoms with Crippen molar-refractivity contribution in [3.05, 3.63) is 70.3 Å². The van der Waals surface area contributed by atoms with Gasteiger partial charge in [-0.1, -0.05) is 23.7 Å². The highest BCUT2D eigenvalue weighted by molar-refractivity contribution is 6.32. The van der Waals surface area contributed by atoms with Gasteiger partial charge in [0, 0.05) is 11.8 Å². The number of rotatable bonds is 6. The number of benzene rings is 2. The molecular weight excluding hydrogens is 384 g/mol. The largest absolute Gasteiger partial charge is 0.465 e. The molecule has 0 bridgehead atoms. The van der Waals surface area contributed by atoms with Gasteiger partial charge in [-0.15, -0.1) is 0 Å². The topological polar surface area (TPSA) is 105 Å². The summed E-state index contributed by atoms with van der Waals surface area (Å²) in [5.41, 5.74) is 1.73. The number of halogens is 1. The molecule has 0 spiro atoms. The van der Waals surface area contributed by atoms with Crippen molar-refractivity contribution in [2.45, 2.75) is 0 Å². The van der Waals surface area contributed by atoms with E-state index in [4.69, 9.17) is 21.6 Å². The number of hydrogen-bond acceptors (Lipinski definition) is 6. The van der Waals surface area contributed by atoms with Crippen LogP contribution in [0, 0.1) is 11.3 Å². The molecule has 0 unspecified atom stereocenters. The lowest BCUT2D eigenvalue weighted by Gasteiger charge is -2.06. The van der Waals surface area contributed by atoms with Crippen molar-refractivity contribution in [2.24, 2.45) is 0 Å². The number of ether oxygens (including phenoxy) is 2. The fourth-order valence-corrected chi connectivity index (χ4v) is 2.30. The number of hydrogen-bond donors (Lipinski definition) is 1. The average Bonchev–Trinajstić information content (AvgIpc) is 2.70. The Morgan fingerprint density at radius 3 is 2.50 bits per heavy atom. The van der Waals surface area contributed by atoms with Gasteiger partial charge in [-0.05, 0) is 42.0 Å². The fraction of sp³-hybridized carbons (Fsp3) is 0.100. The van der Waals surface area contributed by atoms with Crippen LogP contribution in [0.3, 0.4) is 0 Å². The van der Waals surface area contributed by atoms with Crippen LogP contribution in [0.2, 0.25) is 5.02 Å². The van der Waals surface area contributed by atoms with Crippen LogP contribution in [-0.4, -0.2) is 31.6 Å². The lowest BCUT2D eigenvalue weighted by atomic mass is 10.1. The Morgan fingerprint density at radius 2 is 1.89 bits per heavy atom. The number of carbonyl (C=O) groups is 3. The summed E-state index contributed by atoms with van der Waals surface area (Å²) in [5.74, 6) is -1.71. The van der Waals surface area contributed by atoms with Gasteiger partial charge in [0.15, 0.2) is 6.61 Å². The zero-order chi connectivity index (χ0) is 20.5. The Balaban J connectivity index is 1.83. The highest BCUT2D eigenvalue weighted by atomic mass is 35.5. The molecular formula is C20H15ClN2O5. The lowest BCUT2D eigenvalue weighted by molar-refractivity contribution is -0.142. The van der Waals surface area contributed by atoms with E-state index < -0.39 is 24.5 Å². The minimum Gasteiger partial charge on any atom is -0.465 e. The molecule has 0 aromatic heterocycles. The van der Waals surface area contributed by atoms with Crippen molar-refractivity contribution >= 4 is 41.2 Å². The van der Waals surface area contributed by atoms with E-state index in [0.717, 1.165) is 0 Å². The maximum absolute atomic E-state index is 11.8. The summed E-state index contributed by atoms with van der Waals surface area (Å²) in [5, 5.41) is 11.5. The van der Waals surface area contributed by atoms with E-state index in [9.17, 15) is 14.4 Å². The first-order valence-electron chi connectivity index (χ1n) is 7.95. The van der Waals surface area contributed by atoms with Gasteiger partial charge in [0.1, 0.15) is 6.07 Å². The first-order valence-corrected chi connectivity index (χ1v) is 8.33. The summed E-state index contributed by atoms with van der Waals surface area (Å²) in [4.78, 5) is 34.9. The number of nitrogens with zero attached hydrogens (tertiary/aromatic N) is 1. The summed E-state index contributed by atoms with van der Waals surface area (Å²) in [7, 11) is 1.29. The Morgan fingerprint density at radius 1 is 1.18 bits per heavy atom. The molecule has 0 aliphatic heterocycles. The summed E-state index contributed by atoms with van der Waals surface area (Å²) in [6, 6.07) is 12.7. The number of nitrogens with one attached hydrogen (secondary N) is 1. The number of nitriles is 1. The summed E-state index contributed by atoms with van der Waals surface area (Å²) < 4.78 is 9.45. The van der Waals surface area contributed by atoms with Crippen molar-refractivity contribution in [3.8, 4) is 6.07 Å². The van der Waals surface area contributed by atoms with Crippen LogP contribution in [0.1, 0.15) is 21.5 Å². The third kappa shape index (κ3) is 5.97. The van der Waals surface area contributed by atoms with Gasteiger partial charge in [-0.3, -0.25) is 4.79 Å². The van der Waals surface area contributed by atoms with Crippen LogP contribution in [0.5, 0.6) is 0 Å². The van der Waals surface area contributed by atoms with E-state index in [1.54, 1.807) is 24.3 Å². The van der Waals surface area contributed by atoms with Crippen LogP contribution >= 0.6 is 11.6 Å². The standard InChI is InChI=1S/C20H15ClN2O5/c1-27-20(26)14-5-2-13(3-6-14)4-9-19(25)28-12-18(24)23-16-8-7-15(11-22)17(21)10-16/h2-10H,12H2,1H3,(H,23,24)/b9-4+. The van der Waals surface area contributed by atoms with E-state index in [1.807, 2.05) is 6.07 Å². The molecule has 1 N–H and O–H groups in total. The number of carbonyl (C=O) groups excluding carboxylic acids is 3. The van der Waals surface area contributed by atoms with Gasteiger partial charge in [0.25, 0.3) is 5.91 Å². The molecule has 2 aromatic carbocycles. The second kappa shape index (κ2) is 9.90. The maximum Gasteiger partial charge on any atom is 0.337 e. The van der Waals surface area contributed by atoms with E-state index >= 15 is 0 Å². The molecule has 8 heteroatoms. The number of methoxy groups -OCH3 is 1. The molecule has 0 saturated carbocycles. The zero-order valence-corrected chi connectivity index (χ0v) is 15.5. The number of amides is 1. The lowest BCUT2D eigenvalue weighted by Crippen LogP contribution is -2.20. The third-order valence-electron chi connectivity index (χ3n) is 3.46. The summed E-state index contributed by atoms with van der Waals surface area (Å²) in [6.45, 7) is -0.484. The molecule has 0 heterocycles. The quantitative estimate of drug-likeness (QED) is 0.591. The Hall–Kier alpha value is -3.63. The van der Waals surface area contributed by atoms with Gasteiger partial charge in [0.2, 0.25) is 0 Å². The average molecular weight is 399 g/mol. The van der Waals surface area contributed by atoms with Crippen molar-refractivity contribution in [1.29, 1.82) is 5.26 Å². The van der Waals surface area contributed by atoms with Crippen LogP contribution in [-0.2, 0) is 19.1 Å². The second-order valence-electron chi connectivity index (χ2n) is 5.41. The van der Waals surface area contributed by atoms with Crippen LogP contribution in [0.25, 0.3) is 6.08 Å². The van der Waals surface area contributed by atoms with E-state index in [-0.39, 0.29) is 10.6 Å². The molecule has 0 radical (unpaired) electrons. The van der Waals surface area contributed by atoms with E-state index in [2.05, 4.69) is 10.1 Å². The van der Waals surface area contributed by atoms with E-state index in [0.29, 0.717) is 16.8 Å². The van der Waals surface area contributed by atoms with Crippen molar-refractivity contribution in [1.82, 2.24) is 0 Å². The predicted molar refractivity (Wildman–Crippen MR) is 103 cm³/mol. The molecule has 28 heavy (non-hydrogen) atoms. The summed E-state index contributed by atoms with van der Waals surface area (Å²) in [6.07, 6.45) is 2.65. The Bertz CT molecular complexity index is 962. The van der Waals surface area contributed by atoms with Crippen LogP contribution < -0.4 is 5.32 Å². The van der Waals surface area contributed by atoms with Gasteiger partial charge in [-0.25, -0.2) is 9.59 Å². The van der Waals surface area contributed by atoms with Gasteiger partial charge >= 0.3 is 11.9 Å². The number of anilines is 1.